The van der Waals surface area contributed by atoms with E-state index in [1.165, 1.54) is 0 Å². The van der Waals surface area contributed by atoms with Crippen LogP contribution in [0.5, 0.6) is 0 Å². The molecule has 2 heterocycles. The zero-order valence-corrected chi connectivity index (χ0v) is 26.3. The Balaban J connectivity index is 1.36. The maximum Gasteiger partial charge on any atom is 0.490 e. The van der Waals surface area contributed by atoms with Crippen molar-refractivity contribution in [2.75, 3.05) is 13.2 Å². The van der Waals surface area contributed by atoms with Gasteiger partial charge in [-0.3, -0.25) is 23.4 Å². The van der Waals surface area contributed by atoms with Crippen molar-refractivity contribution in [2.45, 2.75) is 63.1 Å². The van der Waals surface area contributed by atoms with Gasteiger partial charge in [0.2, 0.25) is 0 Å². The Kier molecular flexibility index (Phi) is 11.9. The summed E-state index contributed by atoms with van der Waals surface area (Å²) in [4.78, 5) is 56.3. The van der Waals surface area contributed by atoms with E-state index in [-0.39, 0.29) is 18.1 Å². The normalized spacial score (nSPS) is 26.2. The number of rotatable bonds is 12. The first-order valence-corrected chi connectivity index (χ1v) is 18.2. The summed E-state index contributed by atoms with van der Waals surface area (Å²) in [5, 5.41) is 20.9. The van der Waals surface area contributed by atoms with E-state index in [1.807, 2.05) is 35.3 Å². The third kappa shape index (κ3) is 10.4. The van der Waals surface area contributed by atoms with Crippen molar-refractivity contribution in [3.63, 3.8) is 0 Å². The van der Waals surface area contributed by atoms with E-state index < -0.39 is 65.9 Å². The van der Waals surface area contributed by atoms with Crippen LogP contribution in [0.3, 0.4) is 0 Å². The fourth-order valence-electron chi connectivity index (χ4n) is 4.74. The predicted molar refractivity (Wildman–Crippen MR) is 154 cm³/mol. The SMILES string of the molecule is O=c1[nH]c(=O)n([C@@H]2O[C@H](COP(=O)(O)OP(=O)(O)OP(=O)(O)OCC3CCCCC3)[C@H](O)C2O)cc1C#CCc1ccccc1. The monoisotopic (exact) mass is 694 g/mol. The molecule has 0 bridgehead atoms. The summed E-state index contributed by atoms with van der Waals surface area (Å²) in [7, 11) is -16.4. The summed E-state index contributed by atoms with van der Waals surface area (Å²) < 4.78 is 60.3. The second kappa shape index (κ2) is 15.1. The molecular formula is C25H33N2O15P3. The van der Waals surface area contributed by atoms with Gasteiger partial charge in [0, 0.05) is 12.6 Å². The van der Waals surface area contributed by atoms with Crippen LogP contribution in [0.1, 0.15) is 49.5 Å². The molecule has 4 unspecified atom stereocenters. The van der Waals surface area contributed by atoms with Gasteiger partial charge in [-0.25, -0.2) is 18.5 Å². The molecule has 1 saturated heterocycles. The molecule has 1 aliphatic heterocycles. The van der Waals surface area contributed by atoms with E-state index in [2.05, 4.69) is 25.0 Å². The Morgan fingerprint density at radius 2 is 1.51 bits per heavy atom. The Morgan fingerprint density at radius 1 is 0.889 bits per heavy atom. The van der Waals surface area contributed by atoms with Crippen LogP contribution in [0, 0.1) is 17.8 Å². The molecule has 4 rings (SSSR count). The van der Waals surface area contributed by atoms with Crippen LogP contribution in [0.15, 0.2) is 46.1 Å². The van der Waals surface area contributed by atoms with Crippen LogP contribution in [-0.4, -0.2) is 66.0 Å². The first-order valence-electron chi connectivity index (χ1n) is 13.7. The Morgan fingerprint density at radius 3 is 2.16 bits per heavy atom. The van der Waals surface area contributed by atoms with Gasteiger partial charge in [-0.1, -0.05) is 61.4 Å². The van der Waals surface area contributed by atoms with E-state index in [0.29, 0.717) is 6.42 Å². The number of aromatic nitrogens is 2. The number of phosphoric acid groups is 3. The van der Waals surface area contributed by atoms with Crippen LogP contribution in [0.25, 0.3) is 0 Å². The number of hydrogen-bond acceptors (Lipinski definition) is 12. The van der Waals surface area contributed by atoms with E-state index in [9.17, 15) is 48.2 Å². The number of ether oxygens (including phenoxy) is 1. The van der Waals surface area contributed by atoms with Gasteiger partial charge >= 0.3 is 29.2 Å². The molecule has 1 aliphatic carbocycles. The fraction of sp³-hybridized carbons (Fsp3) is 0.520. The molecule has 0 amide bonds. The molecule has 0 radical (unpaired) electrons. The summed E-state index contributed by atoms with van der Waals surface area (Å²) in [6.45, 7) is -1.29. The van der Waals surface area contributed by atoms with Crippen LogP contribution in [0.2, 0.25) is 0 Å². The lowest BCUT2D eigenvalue weighted by atomic mass is 9.90. The van der Waals surface area contributed by atoms with Gasteiger partial charge in [0.15, 0.2) is 6.23 Å². The fourth-order valence-corrected chi connectivity index (χ4v) is 8.33. The third-order valence-electron chi connectivity index (χ3n) is 6.95. The van der Waals surface area contributed by atoms with Gasteiger partial charge in [0.05, 0.1) is 13.2 Å². The number of aromatic amines is 1. The van der Waals surface area contributed by atoms with Crippen LogP contribution < -0.4 is 11.2 Å². The van der Waals surface area contributed by atoms with Gasteiger partial charge in [-0.15, -0.1) is 0 Å². The van der Waals surface area contributed by atoms with E-state index in [1.54, 1.807) is 0 Å². The Hall–Kier alpha value is -2.25. The van der Waals surface area contributed by atoms with Crippen molar-refractivity contribution >= 4 is 23.5 Å². The highest BCUT2D eigenvalue weighted by Gasteiger charge is 2.47. The molecule has 0 spiro atoms. The summed E-state index contributed by atoms with van der Waals surface area (Å²) in [5.74, 6) is 5.34. The minimum atomic E-state index is -5.72. The van der Waals surface area contributed by atoms with Crippen molar-refractivity contribution in [3.8, 4) is 11.8 Å². The lowest BCUT2D eigenvalue weighted by molar-refractivity contribution is -0.0542. The molecule has 7 atom stereocenters. The molecule has 17 nitrogen and oxygen atoms in total. The number of nitrogens with one attached hydrogen (secondary N) is 1. The van der Waals surface area contributed by atoms with Crippen molar-refractivity contribution in [1.29, 1.82) is 0 Å². The van der Waals surface area contributed by atoms with Gasteiger partial charge in [-0.05, 0) is 24.3 Å². The molecular weight excluding hydrogens is 661 g/mol. The first-order chi connectivity index (χ1) is 21.1. The molecule has 6 N–H and O–H groups in total. The summed E-state index contributed by atoms with van der Waals surface area (Å²) >= 11 is 0. The number of hydrogen-bond donors (Lipinski definition) is 6. The maximum absolute atomic E-state index is 12.5. The smallest absolute Gasteiger partial charge is 0.387 e. The van der Waals surface area contributed by atoms with E-state index in [4.69, 9.17) is 9.26 Å². The van der Waals surface area contributed by atoms with Gasteiger partial charge < -0.3 is 29.6 Å². The van der Waals surface area contributed by atoms with Gasteiger partial charge in [0.25, 0.3) is 5.56 Å². The second-order valence-corrected chi connectivity index (χ2v) is 15.0. The average Bonchev–Trinajstić information content (AvgIpc) is 3.25. The molecule has 248 valence electrons. The standard InChI is InChI=1S/C25H33N2O15P3/c28-21-20(16-39-44(34,35)42-45(36,37)41-43(32,33)38-15-18-10-5-2-6-11-18)40-24(22(21)29)27-14-19(23(30)26-25(27)31)13-7-12-17-8-3-1-4-9-17/h1,3-4,8-9,14,18,20-22,24,28-29H,2,5-6,10-12,15-16H2,(H,32,33)(H,34,35)(H,36,37)(H,26,30,31)/t20-,21+,22?,24-/m1/s1. The minimum absolute atomic E-state index is 0.0720. The maximum atomic E-state index is 12.5. The highest BCUT2D eigenvalue weighted by Crippen LogP contribution is 2.67. The molecule has 1 saturated carbocycles. The first kappa shape index (κ1) is 35.6. The van der Waals surface area contributed by atoms with Crippen molar-refractivity contribution < 1.29 is 61.0 Å². The van der Waals surface area contributed by atoms with Crippen molar-refractivity contribution in [1.82, 2.24) is 9.55 Å². The Bertz CT molecular complexity index is 1650. The topological polar surface area (TPSA) is 253 Å². The highest BCUT2D eigenvalue weighted by molar-refractivity contribution is 7.66. The zero-order chi connectivity index (χ0) is 32.8. The number of nitrogens with zero attached hydrogens (tertiary/aromatic N) is 1. The van der Waals surface area contributed by atoms with Crippen LogP contribution in [0.4, 0.5) is 0 Å². The lowest BCUT2D eigenvalue weighted by Crippen LogP contribution is -2.38. The molecule has 2 aliphatic rings. The molecule has 1 aromatic heterocycles. The quantitative estimate of drug-likeness (QED) is 0.137. The molecule has 1 aromatic carbocycles. The number of phosphoric ester groups is 2. The summed E-state index contributed by atoms with van der Waals surface area (Å²) in [5.41, 5.74) is -1.13. The lowest BCUT2D eigenvalue weighted by Gasteiger charge is -2.23. The third-order valence-corrected chi connectivity index (χ3v) is 11.2. The molecule has 2 aromatic rings. The van der Waals surface area contributed by atoms with Gasteiger partial charge in [0.1, 0.15) is 23.9 Å². The molecule has 2 fully saturated rings. The van der Waals surface area contributed by atoms with Crippen LogP contribution >= 0.6 is 23.5 Å². The molecule has 20 heteroatoms. The largest absolute Gasteiger partial charge is 0.490 e. The predicted octanol–water partition coefficient (Wildman–Crippen LogP) is 1.70. The second-order valence-electron chi connectivity index (χ2n) is 10.4. The van der Waals surface area contributed by atoms with Gasteiger partial charge in [-0.2, -0.15) is 8.62 Å². The summed E-state index contributed by atoms with van der Waals surface area (Å²) in [6.07, 6.45) is -1.36. The zero-order valence-electron chi connectivity index (χ0n) is 23.6. The van der Waals surface area contributed by atoms with Crippen LogP contribution in [-0.2, 0) is 42.5 Å². The number of aliphatic hydroxyl groups excluding tert-OH is 2. The average molecular weight is 694 g/mol. The highest BCUT2D eigenvalue weighted by atomic mass is 31.3. The number of benzene rings is 1. The molecule has 45 heavy (non-hydrogen) atoms. The summed E-state index contributed by atoms with van der Waals surface area (Å²) in [6, 6.07) is 9.11. The number of H-pyrrole nitrogens is 1. The van der Waals surface area contributed by atoms with Crippen molar-refractivity contribution in [2.24, 2.45) is 5.92 Å². The Labute approximate surface area is 256 Å². The van der Waals surface area contributed by atoms with E-state index in [0.717, 1.165) is 48.4 Å². The van der Waals surface area contributed by atoms with Crippen molar-refractivity contribution in [3.05, 3.63) is 68.5 Å². The minimum Gasteiger partial charge on any atom is -0.387 e. The van der Waals surface area contributed by atoms with E-state index >= 15 is 0 Å². The number of aliphatic hydroxyl groups is 2.